The van der Waals surface area contributed by atoms with Crippen LogP contribution >= 0.6 is 15.9 Å². The molecule has 1 aromatic rings. The van der Waals surface area contributed by atoms with Crippen LogP contribution in [0.3, 0.4) is 0 Å². The highest BCUT2D eigenvalue weighted by molar-refractivity contribution is 9.10. The zero-order chi connectivity index (χ0) is 13.9. The first-order valence-corrected chi connectivity index (χ1v) is 7.24. The molecule has 2 rings (SSSR count). The highest BCUT2D eigenvalue weighted by Crippen LogP contribution is 2.20. The summed E-state index contributed by atoms with van der Waals surface area (Å²) in [6.07, 6.45) is 1.73. The number of hydrogen-bond donors (Lipinski definition) is 2. The fourth-order valence-electron chi connectivity index (χ4n) is 2.40. The van der Waals surface area contributed by atoms with Crippen LogP contribution in [0.15, 0.2) is 28.7 Å². The van der Waals surface area contributed by atoms with E-state index in [0.29, 0.717) is 13.1 Å². The number of hydrogen-bond acceptors (Lipinski definition) is 3. The second-order valence-electron chi connectivity index (χ2n) is 5.37. The second-order valence-corrected chi connectivity index (χ2v) is 6.28. The largest absolute Gasteiger partial charge is 0.389 e. The summed E-state index contributed by atoms with van der Waals surface area (Å²) in [5, 5.41) is 12.9. The minimum Gasteiger partial charge on any atom is -0.389 e. The van der Waals surface area contributed by atoms with Crippen LogP contribution in [-0.2, 0) is 4.79 Å². The molecule has 0 saturated carbocycles. The maximum absolute atomic E-state index is 11.9. The van der Waals surface area contributed by atoms with E-state index in [1.807, 2.05) is 36.1 Å². The molecule has 104 valence electrons. The van der Waals surface area contributed by atoms with Crippen LogP contribution in [-0.4, -0.2) is 41.1 Å². The minimum atomic E-state index is -0.670. The van der Waals surface area contributed by atoms with Gasteiger partial charge < -0.3 is 10.4 Å². The Morgan fingerprint density at radius 2 is 2.16 bits per heavy atom. The summed E-state index contributed by atoms with van der Waals surface area (Å²) < 4.78 is 0.984. The van der Waals surface area contributed by atoms with Crippen LogP contribution in [0.4, 0.5) is 5.69 Å². The van der Waals surface area contributed by atoms with Gasteiger partial charge in [-0.25, -0.2) is 0 Å². The van der Waals surface area contributed by atoms with Crippen molar-refractivity contribution in [3.05, 3.63) is 28.7 Å². The number of halogens is 1. The van der Waals surface area contributed by atoms with E-state index >= 15 is 0 Å². The van der Waals surface area contributed by atoms with Gasteiger partial charge in [-0.15, -0.1) is 0 Å². The number of nitrogens with one attached hydrogen (secondary N) is 1. The summed E-state index contributed by atoms with van der Waals surface area (Å²) in [4.78, 5) is 13.9. The van der Waals surface area contributed by atoms with Gasteiger partial charge in [0.2, 0.25) is 5.91 Å². The molecule has 0 aliphatic carbocycles. The zero-order valence-corrected chi connectivity index (χ0v) is 12.6. The molecule has 1 atom stereocenters. The molecular weight excluding hydrogens is 308 g/mol. The monoisotopic (exact) mass is 326 g/mol. The van der Waals surface area contributed by atoms with Gasteiger partial charge >= 0.3 is 0 Å². The molecule has 1 fully saturated rings. The molecule has 1 aliphatic heterocycles. The lowest BCUT2D eigenvalue weighted by Gasteiger charge is -2.36. The SMILES string of the molecule is CC1(O)CCCN(CC(=O)Nc2ccc(Br)cc2)C1. The van der Waals surface area contributed by atoms with Crippen LogP contribution < -0.4 is 5.32 Å². The predicted molar refractivity (Wildman–Crippen MR) is 79.1 cm³/mol. The summed E-state index contributed by atoms with van der Waals surface area (Å²) in [5.41, 5.74) is 0.118. The van der Waals surface area contributed by atoms with Crippen molar-refractivity contribution in [2.75, 3.05) is 25.0 Å². The van der Waals surface area contributed by atoms with Crippen LogP contribution in [0.2, 0.25) is 0 Å². The molecule has 5 heteroatoms. The molecule has 1 unspecified atom stereocenters. The Kier molecular flexibility index (Phi) is 4.60. The minimum absolute atomic E-state index is 0.0416. The van der Waals surface area contributed by atoms with E-state index in [1.54, 1.807) is 0 Å². The van der Waals surface area contributed by atoms with Gasteiger partial charge in [-0.1, -0.05) is 15.9 Å². The van der Waals surface area contributed by atoms with Gasteiger partial charge in [0.05, 0.1) is 12.1 Å². The molecule has 4 nitrogen and oxygen atoms in total. The van der Waals surface area contributed by atoms with Crippen molar-refractivity contribution in [2.45, 2.75) is 25.4 Å². The van der Waals surface area contributed by atoms with Gasteiger partial charge in [-0.3, -0.25) is 9.69 Å². The number of nitrogens with zero attached hydrogens (tertiary/aromatic N) is 1. The third-order valence-corrected chi connectivity index (χ3v) is 3.78. The maximum Gasteiger partial charge on any atom is 0.238 e. The molecule has 19 heavy (non-hydrogen) atoms. The molecule has 0 spiro atoms. The van der Waals surface area contributed by atoms with Gasteiger partial charge in [0.15, 0.2) is 0 Å². The van der Waals surface area contributed by atoms with Gasteiger partial charge in [0.25, 0.3) is 0 Å². The van der Waals surface area contributed by atoms with Gasteiger partial charge in [0, 0.05) is 16.7 Å². The molecule has 0 bridgehead atoms. The average molecular weight is 327 g/mol. The molecule has 1 saturated heterocycles. The Balaban J connectivity index is 1.85. The lowest BCUT2D eigenvalue weighted by molar-refractivity contribution is -0.118. The number of carbonyl (C=O) groups excluding carboxylic acids is 1. The van der Waals surface area contributed by atoms with Gasteiger partial charge in [0.1, 0.15) is 0 Å². The van der Waals surface area contributed by atoms with Crippen molar-refractivity contribution >= 4 is 27.5 Å². The van der Waals surface area contributed by atoms with E-state index in [-0.39, 0.29) is 5.91 Å². The lowest BCUT2D eigenvalue weighted by atomic mass is 9.95. The van der Waals surface area contributed by atoms with Crippen molar-refractivity contribution < 1.29 is 9.90 Å². The highest BCUT2D eigenvalue weighted by atomic mass is 79.9. The van der Waals surface area contributed by atoms with Crippen molar-refractivity contribution in [1.29, 1.82) is 0 Å². The molecular formula is C14H19BrN2O2. The Morgan fingerprint density at radius 3 is 2.79 bits per heavy atom. The fourth-order valence-corrected chi connectivity index (χ4v) is 2.66. The Morgan fingerprint density at radius 1 is 1.47 bits per heavy atom. The molecule has 0 radical (unpaired) electrons. The standard InChI is InChI=1S/C14H19BrN2O2/c1-14(19)7-2-8-17(10-14)9-13(18)16-12-5-3-11(15)4-6-12/h3-6,19H,2,7-10H2,1H3,(H,16,18). The molecule has 2 N–H and O–H groups in total. The first-order valence-electron chi connectivity index (χ1n) is 6.45. The quantitative estimate of drug-likeness (QED) is 0.895. The Labute approximate surface area is 121 Å². The summed E-state index contributed by atoms with van der Waals surface area (Å²) in [6.45, 7) is 3.57. The van der Waals surface area contributed by atoms with E-state index in [2.05, 4.69) is 21.2 Å². The van der Waals surface area contributed by atoms with E-state index in [9.17, 15) is 9.90 Å². The first kappa shape index (κ1) is 14.5. The summed E-state index contributed by atoms with van der Waals surface area (Å²) in [7, 11) is 0. The van der Waals surface area contributed by atoms with E-state index in [0.717, 1.165) is 29.5 Å². The normalized spacial score (nSPS) is 24.2. The zero-order valence-electron chi connectivity index (χ0n) is 11.0. The van der Waals surface area contributed by atoms with Crippen LogP contribution in [0.25, 0.3) is 0 Å². The lowest BCUT2D eigenvalue weighted by Crippen LogP contribution is -2.48. The Hall–Kier alpha value is -0.910. The third-order valence-electron chi connectivity index (χ3n) is 3.25. The maximum atomic E-state index is 11.9. The fraction of sp³-hybridized carbons (Fsp3) is 0.500. The van der Waals surface area contributed by atoms with Crippen LogP contribution in [0.5, 0.6) is 0 Å². The molecule has 1 amide bonds. The van der Waals surface area contributed by atoms with Crippen molar-refractivity contribution in [1.82, 2.24) is 4.90 Å². The smallest absolute Gasteiger partial charge is 0.238 e. The molecule has 1 aromatic carbocycles. The summed E-state index contributed by atoms with van der Waals surface area (Å²) in [5.74, 6) is -0.0416. The number of rotatable bonds is 3. The van der Waals surface area contributed by atoms with Crippen molar-refractivity contribution in [2.24, 2.45) is 0 Å². The number of β-amino-alcohol motifs (C(OH)–C–C–N with tert-alkyl or cyclic N) is 1. The van der Waals surface area contributed by atoms with Crippen LogP contribution in [0.1, 0.15) is 19.8 Å². The average Bonchev–Trinajstić information content (AvgIpc) is 2.30. The van der Waals surface area contributed by atoms with Crippen molar-refractivity contribution in [3.8, 4) is 0 Å². The van der Waals surface area contributed by atoms with Crippen LogP contribution in [0, 0.1) is 0 Å². The molecule has 1 aliphatic rings. The Bertz CT molecular complexity index is 445. The number of piperidine rings is 1. The predicted octanol–water partition coefficient (Wildman–Crippen LogP) is 2.23. The van der Waals surface area contributed by atoms with Gasteiger partial charge in [-0.05, 0) is 50.6 Å². The number of likely N-dealkylation sites (tertiary alicyclic amines) is 1. The topological polar surface area (TPSA) is 52.6 Å². The van der Waals surface area contributed by atoms with E-state index < -0.39 is 5.60 Å². The molecule has 0 aromatic heterocycles. The van der Waals surface area contributed by atoms with Crippen molar-refractivity contribution in [3.63, 3.8) is 0 Å². The molecule has 1 heterocycles. The number of benzene rings is 1. The number of anilines is 1. The number of carbonyl (C=O) groups is 1. The number of amides is 1. The van der Waals surface area contributed by atoms with Gasteiger partial charge in [-0.2, -0.15) is 0 Å². The summed E-state index contributed by atoms with van der Waals surface area (Å²) in [6, 6.07) is 7.49. The van der Waals surface area contributed by atoms with E-state index in [1.165, 1.54) is 0 Å². The first-order chi connectivity index (χ1) is 8.94. The van der Waals surface area contributed by atoms with E-state index in [4.69, 9.17) is 0 Å². The number of aliphatic hydroxyl groups is 1. The second kappa shape index (κ2) is 6.03. The summed E-state index contributed by atoms with van der Waals surface area (Å²) >= 11 is 3.36. The third kappa shape index (κ3) is 4.60. The highest BCUT2D eigenvalue weighted by Gasteiger charge is 2.29.